The quantitative estimate of drug-likeness (QED) is 0.841. The Morgan fingerprint density at radius 1 is 1.19 bits per heavy atom. The van der Waals surface area contributed by atoms with Crippen molar-refractivity contribution in [1.82, 2.24) is 5.32 Å². The molecule has 4 heteroatoms. The number of nitrogens with one attached hydrogen (secondary N) is 2. The Labute approximate surface area is 126 Å². The third kappa shape index (κ3) is 3.38. The molecule has 3 rings (SSSR count). The number of carbonyl (C=O) groups excluding carboxylic acids is 1. The summed E-state index contributed by atoms with van der Waals surface area (Å²) in [7, 11) is 2.02. The number of aryl methyl sites for hydroxylation is 1. The number of anilines is 1. The van der Waals surface area contributed by atoms with Crippen LogP contribution in [0, 0.1) is 0 Å². The number of fused-ring (bicyclic) bond motifs is 1. The topological polar surface area (TPSA) is 50.4 Å². The van der Waals surface area contributed by atoms with Crippen LogP contribution in [0.3, 0.4) is 0 Å². The lowest BCUT2D eigenvalue weighted by Gasteiger charge is -2.26. The minimum atomic E-state index is 0.107. The number of carbonyl (C=O) groups is 1. The molecule has 1 amide bonds. The van der Waals surface area contributed by atoms with Gasteiger partial charge >= 0.3 is 0 Å². The molecule has 0 spiro atoms. The van der Waals surface area contributed by atoms with Crippen LogP contribution in [-0.4, -0.2) is 25.1 Å². The molecule has 0 bridgehead atoms. The lowest BCUT2D eigenvalue weighted by atomic mass is 10.0. The van der Waals surface area contributed by atoms with Crippen molar-refractivity contribution in [1.29, 1.82) is 0 Å². The van der Waals surface area contributed by atoms with Crippen molar-refractivity contribution >= 4 is 11.6 Å². The van der Waals surface area contributed by atoms with Gasteiger partial charge in [-0.3, -0.25) is 4.79 Å². The number of hydrogen-bond acceptors (Lipinski definition) is 3. The largest absolute Gasteiger partial charge is 0.489 e. The van der Waals surface area contributed by atoms with Gasteiger partial charge < -0.3 is 15.4 Å². The van der Waals surface area contributed by atoms with Gasteiger partial charge in [-0.25, -0.2) is 0 Å². The van der Waals surface area contributed by atoms with Gasteiger partial charge in [0.2, 0.25) is 5.91 Å². The van der Waals surface area contributed by atoms with E-state index in [1.165, 1.54) is 31.2 Å². The van der Waals surface area contributed by atoms with E-state index in [2.05, 4.69) is 16.7 Å². The molecule has 4 nitrogen and oxygen atoms in total. The lowest BCUT2D eigenvalue weighted by Crippen LogP contribution is -2.40. The first-order chi connectivity index (χ1) is 10.3. The molecule has 2 atom stereocenters. The second-order valence-corrected chi connectivity index (χ2v) is 6.06. The second kappa shape index (κ2) is 6.48. The zero-order valence-electron chi connectivity index (χ0n) is 12.7. The first-order valence-corrected chi connectivity index (χ1v) is 8.03. The summed E-state index contributed by atoms with van der Waals surface area (Å²) < 4.78 is 6.26. The van der Waals surface area contributed by atoms with Gasteiger partial charge in [-0.15, -0.1) is 0 Å². The van der Waals surface area contributed by atoms with Gasteiger partial charge in [-0.1, -0.05) is 12.8 Å². The van der Waals surface area contributed by atoms with E-state index in [4.69, 9.17) is 4.74 Å². The highest BCUT2D eigenvalue weighted by Gasteiger charge is 2.24. The minimum absolute atomic E-state index is 0.107. The predicted molar refractivity (Wildman–Crippen MR) is 83.7 cm³/mol. The van der Waals surface area contributed by atoms with Crippen LogP contribution < -0.4 is 15.4 Å². The van der Waals surface area contributed by atoms with Gasteiger partial charge in [-0.2, -0.15) is 0 Å². The predicted octanol–water partition coefficient (Wildman–Crippen LogP) is 2.87. The Bertz CT molecular complexity index is 516. The fourth-order valence-corrected chi connectivity index (χ4v) is 3.35. The average molecular weight is 288 g/mol. The van der Waals surface area contributed by atoms with E-state index < -0.39 is 0 Å². The van der Waals surface area contributed by atoms with Crippen LogP contribution in [0.2, 0.25) is 0 Å². The van der Waals surface area contributed by atoms with E-state index in [0.29, 0.717) is 12.5 Å². The van der Waals surface area contributed by atoms with Crippen LogP contribution >= 0.6 is 0 Å². The summed E-state index contributed by atoms with van der Waals surface area (Å²) in [6.07, 6.45) is 7.73. The van der Waals surface area contributed by atoms with Crippen LogP contribution in [0.1, 0.15) is 44.1 Å². The number of likely N-dealkylation sites (N-methyl/N-ethyl adjacent to an activating group) is 1. The van der Waals surface area contributed by atoms with Gasteiger partial charge in [0.25, 0.3) is 0 Å². The summed E-state index contributed by atoms with van der Waals surface area (Å²) in [5, 5.41) is 6.31. The fraction of sp³-hybridized carbons (Fsp3) is 0.588. The molecule has 1 aromatic carbocycles. The van der Waals surface area contributed by atoms with Crippen LogP contribution in [0.15, 0.2) is 18.2 Å². The summed E-state index contributed by atoms with van der Waals surface area (Å²) >= 11 is 0. The van der Waals surface area contributed by atoms with Crippen molar-refractivity contribution in [3.8, 4) is 5.75 Å². The Morgan fingerprint density at radius 2 is 2.05 bits per heavy atom. The van der Waals surface area contributed by atoms with Gasteiger partial charge in [-0.05, 0) is 56.5 Å². The Kier molecular flexibility index (Phi) is 4.44. The normalized spacial score (nSPS) is 25.7. The van der Waals surface area contributed by atoms with Crippen LogP contribution in [0.4, 0.5) is 5.69 Å². The molecule has 114 valence electrons. The van der Waals surface area contributed by atoms with Crippen molar-refractivity contribution in [2.75, 3.05) is 12.4 Å². The maximum Gasteiger partial charge on any atom is 0.224 e. The van der Waals surface area contributed by atoms with E-state index >= 15 is 0 Å². The number of rotatable bonds is 3. The third-order valence-electron chi connectivity index (χ3n) is 4.58. The van der Waals surface area contributed by atoms with Crippen LogP contribution in [0.25, 0.3) is 0 Å². The number of ether oxygens (including phenoxy) is 1. The van der Waals surface area contributed by atoms with E-state index in [9.17, 15) is 4.79 Å². The number of hydrogen-bond donors (Lipinski definition) is 2. The lowest BCUT2D eigenvalue weighted by molar-refractivity contribution is -0.116. The van der Waals surface area contributed by atoms with E-state index in [0.717, 1.165) is 24.3 Å². The Hall–Kier alpha value is -1.55. The maximum atomic E-state index is 11.4. The highest BCUT2D eigenvalue weighted by Crippen LogP contribution is 2.29. The van der Waals surface area contributed by atoms with Crippen molar-refractivity contribution in [2.45, 2.75) is 57.1 Å². The van der Waals surface area contributed by atoms with Crippen molar-refractivity contribution < 1.29 is 9.53 Å². The molecule has 1 aliphatic heterocycles. The Morgan fingerprint density at radius 3 is 2.90 bits per heavy atom. The molecule has 0 radical (unpaired) electrons. The van der Waals surface area contributed by atoms with Crippen LogP contribution in [-0.2, 0) is 11.2 Å². The standard InChI is InChI=1S/C17H24N2O2/c1-18-15-5-3-2-4-6-16(15)21-13-8-9-14-12(11-13)7-10-17(20)19-14/h8-9,11,15-16,18H,2-7,10H2,1H3,(H,19,20). The van der Waals surface area contributed by atoms with Crippen molar-refractivity contribution in [3.05, 3.63) is 23.8 Å². The zero-order chi connectivity index (χ0) is 14.7. The summed E-state index contributed by atoms with van der Waals surface area (Å²) in [6, 6.07) is 6.46. The SMILES string of the molecule is CNC1CCCCCC1Oc1ccc2c(c1)CCC(=O)N2. The summed E-state index contributed by atoms with van der Waals surface area (Å²) in [6.45, 7) is 0. The van der Waals surface area contributed by atoms with E-state index in [-0.39, 0.29) is 12.0 Å². The highest BCUT2D eigenvalue weighted by atomic mass is 16.5. The van der Waals surface area contributed by atoms with Gasteiger partial charge in [0, 0.05) is 18.2 Å². The summed E-state index contributed by atoms with van der Waals surface area (Å²) in [5.41, 5.74) is 2.12. The summed E-state index contributed by atoms with van der Waals surface area (Å²) in [5.74, 6) is 1.03. The molecule has 0 aromatic heterocycles. The van der Waals surface area contributed by atoms with E-state index in [1.54, 1.807) is 0 Å². The molecule has 1 heterocycles. The molecule has 2 unspecified atom stereocenters. The molecule has 2 aliphatic rings. The first kappa shape index (κ1) is 14.4. The maximum absolute atomic E-state index is 11.4. The molecule has 1 fully saturated rings. The van der Waals surface area contributed by atoms with Crippen molar-refractivity contribution in [2.24, 2.45) is 0 Å². The number of amides is 1. The van der Waals surface area contributed by atoms with Gasteiger partial charge in [0.15, 0.2) is 0 Å². The molecular formula is C17H24N2O2. The van der Waals surface area contributed by atoms with E-state index in [1.807, 2.05) is 19.2 Å². The second-order valence-electron chi connectivity index (χ2n) is 6.06. The molecule has 21 heavy (non-hydrogen) atoms. The Balaban J connectivity index is 1.73. The third-order valence-corrected chi connectivity index (χ3v) is 4.58. The minimum Gasteiger partial charge on any atom is -0.489 e. The molecule has 0 saturated heterocycles. The monoisotopic (exact) mass is 288 g/mol. The van der Waals surface area contributed by atoms with Gasteiger partial charge in [0.1, 0.15) is 11.9 Å². The fourth-order valence-electron chi connectivity index (χ4n) is 3.35. The zero-order valence-corrected chi connectivity index (χ0v) is 12.7. The van der Waals surface area contributed by atoms with Gasteiger partial charge in [0.05, 0.1) is 0 Å². The summed E-state index contributed by atoms with van der Waals surface area (Å²) in [4.78, 5) is 11.4. The van der Waals surface area contributed by atoms with Crippen molar-refractivity contribution in [3.63, 3.8) is 0 Å². The molecule has 1 saturated carbocycles. The highest BCUT2D eigenvalue weighted by molar-refractivity contribution is 5.93. The molecule has 1 aromatic rings. The number of benzene rings is 1. The smallest absolute Gasteiger partial charge is 0.224 e. The average Bonchev–Trinajstić information content (AvgIpc) is 2.72. The first-order valence-electron chi connectivity index (χ1n) is 8.03. The molecular weight excluding hydrogens is 264 g/mol. The molecule has 1 aliphatic carbocycles. The molecule has 2 N–H and O–H groups in total. The van der Waals surface area contributed by atoms with Crippen LogP contribution in [0.5, 0.6) is 5.75 Å².